The van der Waals surface area contributed by atoms with Gasteiger partial charge in [-0.05, 0) is 19.1 Å². The Morgan fingerprint density at radius 1 is 1.38 bits per heavy atom. The molecule has 2 heterocycles. The molecule has 0 aliphatic carbocycles. The van der Waals surface area contributed by atoms with Gasteiger partial charge < -0.3 is 14.8 Å². The molecule has 0 saturated carbocycles. The Morgan fingerprint density at radius 2 is 2.19 bits per heavy atom. The van der Waals surface area contributed by atoms with E-state index in [4.69, 9.17) is 9.47 Å². The molecule has 0 unspecified atom stereocenters. The lowest BCUT2D eigenvalue weighted by Gasteiger charge is -2.08. The molecule has 0 fully saturated rings. The third-order valence-corrected chi connectivity index (χ3v) is 2.47. The van der Waals surface area contributed by atoms with E-state index in [1.807, 2.05) is 0 Å². The highest BCUT2D eigenvalue weighted by Crippen LogP contribution is 2.15. The lowest BCUT2D eigenvalue weighted by molar-refractivity contribution is 0.0509. The van der Waals surface area contributed by atoms with E-state index < -0.39 is 11.7 Å². The quantitative estimate of drug-likeness (QED) is 0.855. The number of rotatable bonds is 5. The molecule has 6 nitrogen and oxygen atoms in total. The van der Waals surface area contributed by atoms with Crippen molar-refractivity contribution in [2.24, 2.45) is 0 Å². The standard InChI is InChI=1S/C14H14FN3O3/c1-9-5-11(21-8-20-2)6-12(17-9)14(19)18-13-4-3-10(15)7-16-13/h3-7H,8H2,1-2H3,(H,16,18,19). The lowest BCUT2D eigenvalue weighted by Crippen LogP contribution is -2.15. The van der Waals surface area contributed by atoms with Crippen LogP contribution in [0.1, 0.15) is 16.2 Å². The van der Waals surface area contributed by atoms with Crippen LogP contribution in [0.25, 0.3) is 0 Å². The highest BCUT2D eigenvalue weighted by Gasteiger charge is 2.11. The molecule has 2 aromatic heterocycles. The Hall–Kier alpha value is -2.54. The number of methoxy groups -OCH3 is 1. The molecule has 110 valence electrons. The summed E-state index contributed by atoms with van der Waals surface area (Å²) in [5, 5.41) is 2.53. The number of hydrogen-bond donors (Lipinski definition) is 1. The van der Waals surface area contributed by atoms with Crippen LogP contribution >= 0.6 is 0 Å². The number of anilines is 1. The van der Waals surface area contributed by atoms with E-state index in [-0.39, 0.29) is 18.3 Å². The van der Waals surface area contributed by atoms with Crippen LogP contribution in [-0.2, 0) is 4.74 Å². The molecule has 0 spiro atoms. The van der Waals surface area contributed by atoms with Crippen molar-refractivity contribution in [1.29, 1.82) is 0 Å². The van der Waals surface area contributed by atoms with Crippen molar-refractivity contribution >= 4 is 11.7 Å². The number of amides is 1. The number of aromatic nitrogens is 2. The maximum atomic E-state index is 12.8. The Bertz CT molecular complexity index is 632. The molecule has 0 aliphatic rings. The molecule has 0 radical (unpaired) electrons. The Labute approximate surface area is 120 Å². The average molecular weight is 291 g/mol. The maximum absolute atomic E-state index is 12.8. The molecule has 0 bridgehead atoms. The van der Waals surface area contributed by atoms with E-state index in [0.717, 1.165) is 6.20 Å². The van der Waals surface area contributed by atoms with Crippen LogP contribution in [0.2, 0.25) is 0 Å². The van der Waals surface area contributed by atoms with Crippen LogP contribution in [0.15, 0.2) is 30.5 Å². The first-order valence-corrected chi connectivity index (χ1v) is 6.12. The Morgan fingerprint density at radius 3 is 2.86 bits per heavy atom. The number of carbonyl (C=O) groups excluding carboxylic acids is 1. The van der Waals surface area contributed by atoms with E-state index in [0.29, 0.717) is 11.4 Å². The van der Waals surface area contributed by atoms with Gasteiger partial charge in [0.2, 0.25) is 0 Å². The number of carbonyl (C=O) groups is 1. The summed E-state index contributed by atoms with van der Waals surface area (Å²) in [6.45, 7) is 1.82. The number of aryl methyl sites for hydroxylation is 1. The normalized spacial score (nSPS) is 10.2. The van der Waals surface area contributed by atoms with Gasteiger partial charge in [0.1, 0.15) is 23.1 Å². The third kappa shape index (κ3) is 4.22. The molecule has 1 amide bonds. The van der Waals surface area contributed by atoms with Crippen LogP contribution in [0.4, 0.5) is 10.2 Å². The second-order valence-electron chi connectivity index (χ2n) is 4.20. The van der Waals surface area contributed by atoms with Gasteiger partial charge in [-0.3, -0.25) is 4.79 Å². The Balaban J connectivity index is 2.14. The summed E-state index contributed by atoms with van der Waals surface area (Å²) in [6.07, 6.45) is 1.02. The van der Waals surface area contributed by atoms with E-state index in [1.54, 1.807) is 13.0 Å². The second kappa shape index (κ2) is 6.76. The van der Waals surface area contributed by atoms with Gasteiger partial charge in [0.15, 0.2) is 6.79 Å². The van der Waals surface area contributed by atoms with E-state index in [1.165, 1.54) is 25.3 Å². The minimum atomic E-state index is -0.475. The van der Waals surface area contributed by atoms with Crippen molar-refractivity contribution in [3.8, 4) is 5.75 Å². The van der Waals surface area contributed by atoms with Crippen molar-refractivity contribution in [3.05, 3.63) is 47.7 Å². The van der Waals surface area contributed by atoms with Gasteiger partial charge >= 0.3 is 0 Å². The number of pyridine rings is 2. The zero-order chi connectivity index (χ0) is 15.2. The van der Waals surface area contributed by atoms with E-state index in [9.17, 15) is 9.18 Å². The third-order valence-electron chi connectivity index (χ3n) is 2.47. The molecule has 0 saturated heterocycles. The highest BCUT2D eigenvalue weighted by molar-refractivity contribution is 6.02. The molecule has 0 aliphatic heterocycles. The van der Waals surface area contributed by atoms with Crippen LogP contribution in [0.5, 0.6) is 5.75 Å². The topological polar surface area (TPSA) is 73.3 Å². The monoisotopic (exact) mass is 291 g/mol. The van der Waals surface area contributed by atoms with Crippen molar-refractivity contribution in [2.45, 2.75) is 6.92 Å². The molecule has 0 atom stereocenters. The first-order chi connectivity index (χ1) is 10.1. The molecule has 0 aromatic carbocycles. The van der Waals surface area contributed by atoms with Gasteiger partial charge in [-0.1, -0.05) is 0 Å². The van der Waals surface area contributed by atoms with Crippen molar-refractivity contribution in [2.75, 3.05) is 19.2 Å². The first-order valence-electron chi connectivity index (χ1n) is 6.12. The zero-order valence-electron chi connectivity index (χ0n) is 11.6. The smallest absolute Gasteiger partial charge is 0.275 e. The molecular weight excluding hydrogens is 277 g/mol. The molecule has 7 heteroatoms. The molecule has 2 aromatic rings. The summed E-state index contributed by atoms with van der Waals surface area (Å²) >= 11 is 0. The van der Waals surface area contributed by atoms with Gasteiger partial charge in [0.05, 0.1) is 6.20 Å². The van der Waals surface area contributed by atoms with Crippen LogP contribution in [0.3, 0.4) is 0 Å². The summed E-state index contributed by atoms with van der Waals surface area (Å²) in [5.74, 6) is -0.220. The van der Waals surface area contributed by atoms with Crippen LogP contribution in [-0.4, -0.2) is 29.8 Å². The average Bonchev–Trinajstić information content (AvgIpc) is 2.47. The predicted molar refractivity (Wildman–Crippen MR) is 73.6 cm³/mol. The maximum Gasteiger partial charge on any atom is 0.275 e. The van der Waals surface area contributed by atoms with Gasteiger partial charge in [-0.15, -0.1) is 0 Å². The van der Waals surface area contributed by atoms with E-state index >= 15 is 0 Å². The fourth-order valence-corrected chi connectivity index (χ4v) is 1.59. The van der Waals surface area contributed by atoms with Crippen LogP contribution < -0.4 is 10.1 Å². The van der Waals surface area contributed by atoms with Crippen molar-refractivity contribution in [1.82, 2.24) is 9.97 Å². The number of hydrogen-bond acceptors (Lipinski definition) is 5. The Kier molecular flexibility index (Phi) is 4.78. The molecular formula is C14H14FN3O3. The molecule has 1 N–H and O–H groups in total. The van der Waals surface area contributed by atoms with Gasteiger partial charge in [0.25, 0.3) is 5.91 Å². The number of nitrogens with one attached hydrogen (secondary N) is 1. The van der Waals surface area contributed by atoms with E-state index in [2.05, 4.69) is 15.3 Å². The second-order valence-corrected chi connectivity index (χ2v) is 4.20. The number of nitrogens with zero attached hydrogens (tertiary/aromatic N) is 2. The fraction of sp³-hybridized carbons (Fsp3) is 0.214. The summed E-state index contributed by atoms with van der Waals surface area (Å²) < 4.78 is 22.8. The summed E-state index contributed by atoms with van der Waals surface area (Å²) in [7, 11) is 1.50. The summed E-state index contributed by atoms with van der Waals surface area (Å²) in [5.41, 5.74) is 0.799. The van der Waals surface area contributed by atoms with Gasteiger partial charge in [-0.2, -0.15) is 0 Å². The largest absolute Gasteiger partial charge is 0.467 e. The minimum Gasteiger partial charge on any atom is -0.467 e. The highest BCUT2D eigenvalue weighted by atomic mass is 19.1. The van der Waals surface area contributed by atoms with Gasteiger partial charge in [-0.25, -0.2) is 14.4 Å². The minimum absolute atomic E-state index is 0.0734. The van der Waals surface area contributed by atoms with Crippen molar-refractivity contribution < 1.29 is 18.7 Å². The SMILES string of the molecule is COCOc1cc(C)nc(C(=O)Nc2ccc(F)cn2)c1. The first kappa shape index (κ1) is 14.9. The van der Waals surface area contributed by atoms with Crippen LogP contribution in [0, 0.1) is 12.7 Å². The number of halogens is 1. The predicted octanol–water partition coefficient (Wildman–Crippen LogP) is 2.16. The van der Waals surface area contributed by atoms with Crippen molar-refractivity contribution in [3.63, 3.8) is 0 Å². The molecule has 21 heavy (non-hydrogen) atoms. The zero-order valence-corrected chi connectivity index (χ0v) is 11.6. The summed E-state index contributed by atoms with van der Waals surface area (Å²) in [6, 6.07) is 5.75. The lowest BCUT2D eigenvalue weighted by atomic mass is 10.2. The number of ether oxygens (including phenoxy) is 2. The van der Waals surface area contributed by atoms with Gasteiger partial charge in [0, 0.05) is 24.9 Å². The molecule has 2 rings (SSSR count). The summed E-state index contributed by atoms with van der Waals surface area (Å²) in [4.78, 5) is 20.0. The fourth-order valence-electron chi connectivity index (χ4n) is 1.59.